The van der Waals surface area contributed by atoms with Crippen molar-refractivity contribution in [2.75, 3.05) is 0 Å². The zero-order chi connectivity index (χ0) is 15.2. The van der Waals surface area contributed by atoms with Gasteiger partial charge in [0.25, 0.3) is 0 Å². The van der Waals surface area contributed by atoms with Crippen LogP contribution in [0.5, 0.6) is 11.5 Å². The maximum atomic E-state index is 14.2. The van der Waals surface area contributed by atoms with Crippen LogP contribution in [0.2, 0.25) is 0 Å². The maximum absolute atomic E-state index is 14.2. The van der Waals surface area contributed by atoms with Gasteiger partial charge in [0.1, 0.15) is 17.3 Å². The molecule has 3 nitrogen and oxygen atoms in total. The number of halogens is 1. The predicted molar refractivity (Wildman–Crippen MR) is 79.6 cm³/mol. The van der Waals surface area contributed by atoms with Crippen LogP contribution in [0.15, 0.2) is 41.4 Å². The molecule has 1 heterocycles. The fourth-order valence-corrected chi connectivity index (χ4v) is 2.59. The number of hydrogen-bond donors (Lipinski definition) is 1. The van der Waals surface area contributed by atoms with Crippen molar-refractivity contribution in [3.8, 4) is 11.5 Å². The topological polar surface area (TPSA) is 41.8 Å². The molecule has 0 spiro atoms. The third kappa shape index (κ3) is 2.37. The van der Waals surface area contributed by atoms with Crippen LogP contribution < -0.4 is 4.74 Å². The lowest BCUT2D eigenvalue weighted by molar-refractivity contribution is 0.115. The second-order valence-electron chi connectivity index (χ2n) is 5.62. The molecule has 0 aromatic heterocycles. The van der Waals surface area contributed by atoms with Gasteiger partial charge in [-0.1, -0.05) is 12.1 Å². The largest absolute Gasteiger partial charge is 0.508 e. The van der Waals surface area contributed by atoms with E-state index in [0.717, 1.165) is 11.1 Å². The quantitative estimate of drug-likeness (QED) is 0.865. The van der Waals surface area contributed by atoms with Crippen molar-refractivity contribution in [2.24, 2.45) is 4.99 Å². The zero-order valence-corrected chi connectivity index (χ0v) is 12.1. The Hall–Kier alpha value is -2.36. The summed E-state index contributed by atoms with van der Waals surface area (Å²) >= 11 is 0. The van der Waals surface area contributed by atoms with Crippen molar-refractivity contribution < 1.29 is 14.2 Å². The van der Waals surface area contributed by atoms with Gasteiger partial charge in [-0.3, -0.25) is 0 Å². The van der Waals surface area contributed by atoms with E-state index in [9.17, 15) is 9.50 Å². The monoisotopic (exact) mass is 285 g/mol. The molecule has 4 heteroatoms. The summed E-state index contributed by atoms with van der Waals surface area (Å²) in [6.07, 6.45) is 0. The van der Waals surface area contributed by atoms with Crippen LogP contribution in [0.1, 0.15) is 30.5 Å². The number of phenolic OH excluding ortho intramolecular Hbond substituents is 1. The van der Waals surface area contributed by atoms with Gasteiger partial charge >= 0.3 is 0 Å². The number of nitrogens with zero attached hydrogens (tertiary/aromatic N) is 1. The van der Waals surface area contributed by atoms with Gasteiger partial charge < -0.3 is 9.84 Å². The lowest BCUT2D eigenvalue weighted by Gasteiger charge is -2.31. The van der Waals surface area contributed by atoms with Gasteiger partial charge in [-0.05, 0) is 44.5 Å². The molecule has 0 aliphatic carbocycles. The fourth-order valence-electron chi connectivity index (χ4n) is 2.59. The number of hydrogen-bond acceptors (Lipinski definition) is 3. The number of fused-ring (bicyclic) bond motifs is 1. The first-order chi connectivity index (χ1) is 9.87. The predicted octanol–water partition coefficient (Wildman–Crippen LogP) is 3.81. The molecule has 1 aliphatic heterocycles. The Morgan fingerprint density at radius 3 is 2.62 bits per heavy atom. The van der Waals surface area contributed by atoms with Crippen molar-refractivity contribution in [1.82, 2.24) is 0 Å². The highest BCUT2D eigenvalue weighted by atomic mass is 19.1. The van der Waals surface area contributed by atoms with Gasteiger partial charge in [-0.15, -0.1) is 0 Å². The molecule has 0 fully saturated rings. The van der Waals surface area contributed by atoms with Crippen LogP contribution in [0.3, 0.4) is 0 Å². The average Bonchev–Trinajstić information content (AvgIpc) is 2.36. The highest BCUT2D eigenvalue weighted by molar-refractivity contribution is 6.16. The number of rotatable bonds is 1. The molecule has 0 saturated heterocycles. The Balaban J connectivity index is 2.30. The average molecular weight is 285 g/mol. The molecule has 108 valence electrons. The highest BCUT2D eigenvalue weighted by Gasteiger charge is 2.31. The second kappa shape index (κ2) is 4.58. The van der Waals surface area contributed by atoms with E-state index in [1.807, 2.05) is 6.92 Å². The number of phenols is 1. The van der Waals surface area contributed by atoms with Crippen molar-refractivity contribution in [3.05, 3.63) is 58.9 Å². The molecule has 1 aliphatic rings. The maximum Gasteiger partial charge on any atom is 0.195 e. The molecule has 21 heavy (non-hydrogen) atoms. The van der Waals surface area contributed by atoms with Crippen molar-refractivity contribution in [3.63, 3.8) is 0 Å². The molecule has 1 N–H and O–H groups in total. The number of benzene rings is 2. The third-order valence-corrected chi connectivity index (χ3v) is 3.39. The van der Waals surface area contributed by atoms with Crippen LogP contribution in [0.25, 0.3) is 0 Å². The van der Waals surface area contributed by atoms with E-state index in [1.165, 1.54) is 6.07 Å². The van der Waals surface area contributed by atoms with Crippen molar-refractivity contribution in [1.29, 1.82) is 0 Å². The molecule has 0 radical (unpaired) electrons. The minimum Gasteiger partial charge on any atom is -0.508 e. The van der Waals surface area contributed by atoms with Gasteiger partial charge in [0.15, 0.2) is 5.72 Å². The lowest BCUT2D eigenvalue weighted by atomic mass is 9.94. The first-order valence-corrected chi connectivity index (χ1v) is 6.75. The smallest absolute Gasteiger partial charge is 0.195 e. The third-order valence-electron chi connectivity index (χ3n) is 3.39. The summed E-state index contributed by atoms with van der Waals surface area (Å²) in [5.41, 5.74) is 1.69. The van der Waals surface area contributed by atoms with E-state index in [4.69, 9.17) is 4.74 Å². The van der Waals surface area contributed by atoms with E-state index in [-0.39, 0.29) is 11.6 Å². The number of aromatic hydroxyl groups is 1. The summed E-state index contributed by atoms with van der Waals surface area (Å²) in [6, 6.07) is 9.70. The molecule has 0 bridgehead atoms. The van der Waals surface area contributed by atoms with Gasteiger partial charge in [0.05, 0.1) is 5.71 Å². The molecule has 2 aromatic rings. The summed E-state index contributed by atoms with van der Waals surface area (Å²) in [5.74, 6) is 0.315. The molecule has 0 amide bonds. The minimum atomic E-state index is -0.815. The number of ether oxygens (including phenoxy) is 1. The van der Waals surface area contributed by atoms with Gasteiger partial charge in [0.2, 0.25) is 0 Å². The van der Waals surface area contributed by atoms with E-state index in [1.54, 1.807) is 44.2 Å². The van der Waals surface area contributed by atoms with Gasteiger partial charge in [-0.2, -0.15) is 0 Å². The molecule has 0 atom stereocenters. The minimum absolute atomic E-state index is 0.122. The summed E-state index contributed by atoms with van der Waals surface area (Å²) in [6.45, 7) is 5.45. The standard InChI is InChI=1S/C17H16FNO2/c1-10-8-11(20)9-14-15(10)16(19-17(2,3)21-14)12-6-4-5-7-13(12)18/h4-9,20H,1-3H3. The Morgan fingerprint density at radius 2 is 1.90 bits per heavy atom. The molecule has 0 saturated carbocycles. The van der Waals surface area contributed by atoms with E-state index in [0.29, 0.717) is 17.0 Å². The summed E-state index contributed by atoms with van der Waals surface area (Å²) in [5, 5.41) is 9.76. The summed E-state index contributed by atoms with van der Waals surface area (Å²) in [4.78, 5) is 4.55. The van der Waals surface area contributed by atoms with Crippen molar-refractivity contribution >= 4 is 5.71 Å². The van der Waals surface area contributed by atoms with Gasteiger partial charge in [0, 0.05) is 17.2 Å². The summed E-state index contributed by atoms with van der Waals surface area (Å²) < 4.78 is 20.0. The number of aryl methyl sites for hydroxylation is 1. The number of aliphatic imine (C=N–C) groups is 1. The Kier molecular flexibility index (Phi) is 2.97. The second-order valence-corrected chi connectivity index (χ2v) is 5.62. The van der Waals surface area contributed by atoms with E-state index >= 15 is 0 Å². The van der Waals surface area contributed by atoms with Crippen LogP contribution in [-0.2, 0) is 0 Å². The van der Waals surface area contributed by atoms with Crippen molar-refractivity contribution in [2.45, 2.75) is 26.5 Å². The van der Waals surface area contributed by atoms with Crippen LogP contribution in [0, 0.1) is 12.7 Å². The van der Waals surface area contributed by atoms with Crippen LogP contribution in [0.4, 0.5) is 4.39 Å². The zero-order valence-electron chi connectivity index (χ0n) is 12.1. The summed E-state index contributed by atoms with van der Waals surface area (Å²) in [7, 11) is 0. The molecule has 3 rings (SSSR count). The lowest BCUT2D eigenvalue weighted by Crippen LogP contribution is -2.33. The molecular formula is C17H16FNO2. The Bertz CT molecular complexity index is 750. The van der Waals surface area contributed by atoms with Crippen LogP contribution >= 0.6 is 0 Å². The van der Waals surface area contributed by atoms with Crippen LogP contribution in [-0.4, -0.2) is 16.5 Å². The molecular weight excluding hydrogens is 269 g/mol. The van der Waals surface area contributed by atoms with E-state index < -0.39 is 5.72 Å². The molecule has 0 unspecified atom stereocenters. The first-order valence-electron chi connectivity index (χ1n) is 6.75. The normalized spacial score (nSPS) is 15.9. The molecule has 2 aromatic carbocycles. The fraction of sp³-hybridized carbons (Fsp3) is 0.235. The Labute approximate surface area is 122 Å². The van der Waals surface area contributed by atoms with Gasteiger partial charge in [-0.25, -0.2) is 9.38 Å². The highest BCUT2D eigenvalue weighted by Crippen LogP contribution is 2.37. The SMILES string of the molecule is Cc1cc(O)cc2c1C(c1ccccc1F)=NC(C)(C)O2. The Morgan fingerprint density at radius 1 is 1.19 bits per heavy atom. The van der Waals surface area contributed by atoms with E-state index in [2.05, 4.69) is 4.99 Å². The first kappa shape index (κ1) is 13.6.